The smallest absolute Gasteiger partial charge is 0.382 e. The third-order valence-corrected chi connectivity index (χ3v) is 2.69. The van der Waals surface area contributed by atoms with Gasteiger partial charge in [0.2, 0.25) is 5.91 Å². The minimum Gasteiger partial charge on any atom is -0.382 e. The van der Waals surface area contributed by atoms with E-state index in [1.807, 2.05) is 0 Å². The van der Waals surface area contributed by atoms with Gasteiger partial charge in [-0.15, -0.1) is 0 Å². The SMILES string of the molecule is CC(CC(N)=O)Nc1cc(Br)ccc1C(F)(F)F. The van der Waals surface area contributed by atoms with Gasteiger partial charge in [0.25, 0.3) is 0 Å². The first-order chi connectivity index (χ1) is 8.20. The van der Waals surface area contributed by atoms with Crippen LogP contribution in [0.5, 0.6) is 0 Å². The monoisotopic (exact) mass is 324 g/mol. The predicted molar refractivity (Wildman–Crippen MR) is 66.0 cm³/mol. The Bertz CT molecular complexity index is 448. The number of amides is 1. The van der Waals surface area contributed by atoms with Crippen molar-refractivity contribution in [2.45, 2.75) is 25.6 Å². The Morgan fingerprint density at radius 3 is 2.61 bits per heavy atom. The molecule has 0 saturated heterocycles. The fourth-order valence-electron chi connectivity index (χ4n) is 1.50. The minimum absolute atomic E-state index is 0.0379. The number of alkyl halides is 3. The molecule has 1 atom stereocenters. The lowest BCUT2D eigenvalue weighted by molar-refractivity contribution is -0.137. The van der Waals surface area contributed by atoms with E-state index in [0.29, 0.717) is 4.47 Å². The molecule has 0 spiro atoms. The van der Waals surface area contributed by atoms with E-state index in [0.717, 1.165) is 6.07 Å². The van der Waals surface area contributed by atoms with Crippen LogP contribution < -0.4 is 11.1 Å². The van der Waals surface area contributed by atoms with Crippen LogP contribution in [0.3, 0.4) is 0 Å². The molecule has 0 aromatic heterocycles. The molecule has 3 N–H and O–H groups in total. The van der Waals surface area contributed by atoms with E-state index >= 15 is 0 Å². The summed E-state index contributed by atoms with van der Waals surface area (Å²) in [5.74, 6) is -0.571. The summed E-state index contributed by atoms with van der Waals surface area (Å²) in [7, 11) is 0. The Balaban J connectivity index is 2.99. The number of carbonyl (C=O) groups is 1. The van der Waals surface area contributed by atoms with Gasteiger partial charge in [-0.2, -0.15) is 13.2 Å². The van der Waals surface area contributed by atoms with Crippen LogP contribution >= 0.6 is 15.9 Å². The second-order valence-electron chi connectivity index (χ2n) is 3.90. The zero-order valence-electron chi connectivity index (χ0n) is 9.51. The van der Waals surface area contributed by atoms with E-state index in [9.17, 15) is 18.0 Å². The molecule has 100 valence electrons. The minimum atomic E-state index is -4.45. The number of carbonyl (C=O) groups excluding carboxylic acids is 1. The summed E-state index contributed by atoms with van der Waals surface area (Å²) < 4.78 is 38.8. The molecule has 0 aliphatic rings. The molecule has 1 unspecified atom stereocenters. The lowest BCUT2D eigenvalue weighted by atomic mass is 10.1. The van der Waals surface area contributed by atoms with Crippen molar-refractivity contribution >= 4 is 27.5 Å². The van der Waals surface area contributed by atoms with Gasteiger partial charge in [0.1, 0.15) is 0 Å². The lowest BCUT2D eigenvalue weighted by Gasteiger charge is -2.18. The number of rotatable bonds is 4. The number of hydrogen-bond donors (Lipinski definition) is 2. The molecule has 1 aromatic rings. The largest absolute Gasteiger partial charge is 0.418 e. The van der Waals surface area contributed by atoms with Gasteiger partial charge in [-0.05, 0) is 25.1 Å². The Morgan fingerprint density at radius 1 is 1.50 bits per heavy atom. The van der Waals surface area contributed by atoms with Crippen molar-refractivity contribution in [2.24, 2.45) is 5.73 Å². The second-order valence-corrected chi connectivity index (χ2v) is 4.82. The summed E-state index contributed by atoms with van der Waals surface area (Å²) in [6, 6.07) is 3.13. The molecule has 1 rings (SSSR count). The van der Waals surface area contributed by atoms with E-state index in [4.69, 9.17) is 5.73 Å². The zero-order chi connectivity index (χ0) is 13.9. The van der Waals surface area contributed by atoms with Crippen LogP contribution in [0.4, 0.5) is 18.9 Å². The predicted octanol–water partition coefficient (Wildman–Crippen LogP) is 3.14. The summed E-state index contributed by atoms with van der Waals surface area (Å²) in [4.78, 5) is 10.7. The van der Waals surface area contributed by atoms with Gasteiger partial charge in [-0.3, -0.25) is 4.79 Å². The Morgan fingerprint density at radius 2 is 2.11 bits per heavy atom. The lowest BCUT2D eigenvalue weighted by Crippen LogP contribution is -2.25. The fourth-order valence-corrected chi connectivity index (χ4v) is 1.86. The summed E-state index contributed by atoms with van der Waals surface area (Å²) in [6.45, 7) is 1.59. The zero-order valence-corrected chi connectivity index (χ0v) is 11.1. The van der Waals surface area contributed by atoms with Gasteiger partial charge < -0.3 is 11.1 Å². The highest BCUT2D eigenvalue weighted by molar-refractivity contribution is 9.10. The van der Waals surface area contributed by atoms with Crippen LogP contribution in [0.2, 0.25) is 0 Å². The van der Waals surface area contributed by atoms with Crippen LogP contribution in [0.1, 0.15) is 18.9 Å². The van der Waals surface area contributed by atoms with E-state index in [-0.39, 0.29) is 12.1 Å². The van der Waals surface area contributed by atoms with E-state index < -0.39 is 23.7 Å². The van der Waals surface area contributed by atoms with Crippen LogP contribution in [0.15, 0.2) is 22.7 Å². The third kappa shape index (κ3) is 4.21. The summed E-state index contributed by atoms with van der Waals surface area (Å²) in [5.41, 5.74) is 4.14. The molecule has 1 aromatic carbocycles. The maximum absolute atomic E-state index is 12.7. The first kappa shape index (κ1) is 14.8. The van der Waals surface area contributed by atoms with Crippen molar-refractivity contribution in [3.63, 3.8) is 0 Å². The van der Waals surface area contributed by atoms with E-state index in [1.54, 1.807) is 6.92 Å². The molecule has 7 heteroatoms. The first-order valence-corrected chi connectivity index (χ1v) is 5.91. The number of hydrogen-bond acceptors (Lipinski definition) is 2. The standard InChI is InChI=1S/C11H12BrF3N2O/c1-6(4-10(16)18)17-9-5-7(12)2-3-8(9)11(13,14)15/h2-3,5-6,17H,4H2,1H3,(H2,16,18). The third-order valence-electron chi connectivity index (χ3n) is 2.20. The van der Waals surface area contributed by atoms with Gasteiger partial charge in [0.05, 0.1) is 5.56 Å². The highest BCUT2D eigenvalue weighted by Crippen LogP contribution is 2.36. The van der Waals surface area contributed by atoms with Gasteiger partial charge in [-0.25, -0.2) is 0 Å². The van der Waals surface area contributed by atoms with Crippen molar-refractivity contribution in [2.75, 3.05) is 5.32 Å². The topological polar surface area (TPSA) is 55.1 Å². The molecular formula is C11H12BrF3N2O. The second kappa shape index (κ2) is 5.60. The Kier molecular flexibility index (Phi) is 4.61. The summed E-state index contributed by atoms with van der Waals surface area (Å²) in [5, 5.41) is 2.64. The van der Waals surface area contributed by atoms with Crippen molar-refractivity contribution in [3.8, 4) is 0 Å². The Hall–Kier alpha value is -1.24. The molecule has 0 fully saturated rings. The van der Waals surface area contributed by atoms with Crippen LogP contribution in [-0.4, -0.2) is 11.9 Å². The number of benzene rings is 1. The maximum atomic E-state index is 12.7. The summed E-state index contributed by atoms with van der Waals surface area (Å²) >= 11 is 3.10. The number of nitrogens with one attached hydrogen (secondary N) is 1. The quantitative estimate of drug-likeness (QED) is 0.893. The van der Waals surface area contributed by atoms with E-state index in [1.165, 1.54) is 12.1 Å². The average Bonchev–Trinajstić information content (AvgIpc) is 2.13. The normalized spacial score (nSPS) is 13.2. The van der Waals surface area contributed by atoms with Crippen molar-refractivity contribution in [1.82, 2.24) is 0 Å². The molecular weight excluding hydrogens is 313 g/mol. The van der Waals surface area contributed by atoms with Gasteiger partial charge >= 0.3 is 6.18 Å². The number of nitrogens with two attached hydrogens (primary N) is 1. The molecule has 3 nitrogen and oxygen atoms in total. The molecule has 0 heterocycles. The maximum Gasteiger partial charge on any atom is 0.418 e. The van der Waals surface area contributed by atoms with Gasteiger partial charge in [0.15, 0.2) is 0 Å². The summed E-state index contributed by atoms with van der Waals surface area (Å²) in [6.07, 6.45) is -4.49. The highest BCUT2D eigenvalue weighted by Gasteiger charge is 2.33. The molecule has 0 aliphatic carbocycles. The van der Waals surface area contributed by atoms with Gasteiger partial charge in [-0.1, -0.05) is 15.9 Å². The number of anilines is 1. The molecule has 1 amide bonds. The van der Waals surface area contributed by atoms with Crippen molar-refractivity contribution < 1.29 is 18.0 Å². The van der Waals surface area contributed by atoms with E-state index in [2.05, 4.69) is 21.2 Å². The van der Waals surface area contributed by atoms with Crippen LogP contribution in [-0.2, 0) is 11.0 Å². The molecule has 0 aliphatic heterocycles. The number of primary amides is 1. The molecule has 0 bridgehead atoms. The van der Waals surface area contributed by atoms with Gasteiger partial charge in [0, 0.05) is 22.6 Å². The highest BCUT2D eigenvalue weighted by atomic mass is 79.9. The van der Waals surface area contributed by atoms with Crippen molar-refractivity contribution in [1.29, 1.82) is 0 Å². The first-order valence-electron chi connectivity index (χ1n) is 5.11. The van der Waals surface area contributed by atoms with Crippen LogP contribution in [0, 0.1) is 0 Å². The van der Waals surface area contributed by atoms with Crippen molar-refractivity contribution in [3.05, 3.63) is 28.2 Å². The average molecular weight is 325 g/mol. The fraction of sp³-hybridized carbons (Fsp3) is 0.364. The molecule has 18 heavy (non-hydrogen) atoms. The van der Waals surface area contributed by atoms with Crippen LogP contribution in [0.25, 0.3) is 0 Å². The Labute approximate surface area is 111 Å². The number of halogens is 4. The molecule has 0 saturated carbocycles. The molecule has 0 radical (unpaired) electrons.